The van der Waals surface area contributed by atoms with Gasteiger partial charge in [-0.15, -0.1) is 0 Å². The lowest BCUT2D eigenvalue weighted by Crippen LogP contribution is -2.41. The van der Waals surface area contributed by atoms with E-state index in [1.165, 1.54) is 4.57 Å². The van der Waals surface area contributed by atoms with Gasteiger partial charge in [-0.2, -0.15) is 0 Å². The Kier molecular flexibility index (Phi) is 5.86. The first-order valence-electron chi connectivity index (χ1n) is 11.9. The van der Waals surface area contributed by atoms with Gasteiger partial charge in [0.15, 0.2) is 4.80 Å². The number of halogens is 1. The molecule has 0 saturated carbocycles. The molecule has 2 aliphatic rings. The summed E-state index contributed by atoms with van der Waals surface area (Å²) >= 11 is 7.32. The Labute approximate surface area is 226 Å². The second-order valence-electron chi connectivity index (χ2n) is 9.03. The van der Waals surface area contributed by atoms with E-state index < -0.39 is 6.04 Å². The summed E-state index contributed by atoms with van der Waals surface area (Å²) < 4.78 is 1.80. The van der Waals surface area contributed by atoms with Crippen molar-refractivity contribution in [3.05, 3.63) is 126 Å². The number of thiazole rings is 1. The normalized spacial score (nSPS) is 17.7. The highest BCUT2D eigenvalue weighted by Crippen LogP contribution is 2.35. The second kappa shape index (κ2) is 9.24. The van der Waals surface area contributed by atoms with E-state index in [-0.39, 0.29) is 17.4 Å². The largest absolute Gasteiger partial charge is 0.322 e. The highest BCUT2D eigenvalue weighted by Gasteiger charge is 2.35. The van der Waals surface area contributed by atoms with Gasteiger partial charge in [-0.25, -0.2) is 4.99 Å². The number of rotatable bonds is 3. The van der Waals surface area contributed by atoms with Crippen LogP contribution in [0.5, 0.6) is 0 Å². The SMILES string of the molecule is CC1=C(C(=O)Nc2ccccc2)[C@@H](c2ccc(Cl)cc2)n2c(s/c(=C3\C(=O)N(C)c4ccccc43)c2=O)=N1. The number of anilines is 2. The van der Waals surface area contributed by atoms with Gasteiger partial charge in [0.05, 0.1) is 28.6 Å². The van der Waals surface area contributed by atoms with E-state index in [2.05, 4.69) is 10.3 Å². The fourth-order valence-electron chi connectivity index (χ4n) is 4.93. The average Bonchev–Trinajstić information content (AvgIpc) is 3.36. The summed E-state index contributed by atoms with van der Waals surface area (Å²) in [6.45, 7) is 1.76. The number of nitrogens with one attached hydrogen (secondary N) is 1. The Hall–Kier alpha value is -4.27. The van der Waals surface area contributed by atoms with Crippen molar-refractivity contribution in [3.8, 4) is 0 Å². The van der Waals surface area contributed by atoms with E-state index in [1.807, 2.05) is 42.5 Å². The zero-order chi connectivity index (χ0) is 26.6. The molecule has 6 rings (SSSR count). The third kappa shape index (κ3) is 3.81. The van der Waals surface area contributed by atoms with Crippen molar-refractivity contribution in [2.45, 2.75) is 13.0 Å². The number of hydrogen-bond acceptors (Lipinski definition) is 5. The van der Waals surface area contributed by atoms with Crippen molar-refractivity contribution < 1.29 is 9.59 Å². The number of hydrogen-bond donors (Lipinski definition) is 1. The number of para-hydroxylation sites is 2. The minimum Gasteiger partial charge on any atom is -0.322 e. The van der Waals surface area contributed by atoms with Crippen LogP contribution in [0.1, 0.15) is 24.1 Å². The van der Waals surface area contributed by atoms with Gasteiger partial charge in [0.25, 0.3) is 17.4 Å². The molecule has 38 heavy (non-hydrogen) atoms. The molecule has 9 heteroatoms. The van der Waals surface area contributed by atoms with Gasteiger partial charge in [0, 0.05) is 23.3 Å². The minimum atomic E-state index is -0.758. The van der Waals surface area contributed by atoms with Crippen LogP contribution in [0.25, 0.3) is 5.57 Å². The molecule has 4 aromatic rings. The summed E-state index contributed by atoms with van der Waals surface area (Å²) in [6, 6.07) is 22.8. The number of nitrogens with zero attached hydrogens (tertiary/aromatic N) is 3. The molecular weight excluding hydrogens is 520 g/mol. The Bertz CT molecular complexity index is 1840. The molecule has 0 unspecified atom stereocenters. The number of allylic oxidation sites excluding steroid dienone is 1. The number of fused-ring (bicyclic) bond motifs is 2. The van der Waals surface area contributed by atoms with Gasteiger partial charge in [0.1, 0.15) is 4.53 Å². The standard InChI is InChI=1S/C29H21ClN4O3S/c1-16-22(26(35)32-19-8-4-3-5-9-19)24(17-12-14-18(30)15-13-17)34-28(37)25(38-29(34)31-16)23-20-10-6-7-11-21(20)33(2)27(23)36/h3-15,24H,1-2H3,(H,32,35)/b25-23-/t24-/m1/s1. The predicted molar refractivity (Wildman–Crippen MR) is 149 cm³/mol. The van der Waals surface area contributed by atoms with Crippen LogP contribution in [0.3, 0.4) is 0 Å². The van der Waals surface area contributed by atoms with Crippen molar-refractivity contribution >= 4 is 51.7 Å². The van der Waals surface area contributed by atoms with E-state index in [0.717, 1.165) is 17.0 Å². The topological polar surface area (TPSA) is 83.8 Å². The smallest absolute Gasteiger partial charge is 0.271 e. The van der Waals surface area contributed by atoms with Crippen LogP contribution in [0.4, 0.5) is 11.4 Å². The number of carbonyl (C=O) groups excluding carboxylic acids is 2. The summed E-state index contributed by atoms with van der Waals surface area (Å²) in [6.07, 6.45) is 0. The maximum Gasteiger partial charge on any atom is 0.271 e. The number of aromatic nitrogens is 1. The first kappa shape index (κ1) is 24.1. The first-order valence-corrected chi connectivity index (χ1v) is 13.1. The van der Waals surface area contributed by atoms with Crippen LogP contribution < -0.4 is 25.1 Å². The van der Waals surface area contributed by atoms with Crippen molar-refractivity contribution in [1.29, 1.82) is 0 Å². The van der Waals surface area contributed by atoms with Crippen LogP contribution in [0.2, 0.25) is 5.02 Å². The van der Waals surface area contributed by atoms with Crippen molar-refractivity contribution in [2.24, 2.45) is 4.99 Å². The highest BCUT2D eigenvalue weighted by atomic mass is 35.5. The third-order valence-electron chi connectivity index (χ3n) is 6.74. The van der Waals surface area contributed by atoms with Crippen LogP contribution in [0, 0.1) is 0 Å². The fourth-order valence-corrected chi connectivity index (χ4v) is 6.19. The Morgan fingerprint density at radius 2 is 1.66 bits per heavy atom. The molecule has 1 aromatic heterocycles. The number of benzene rings is 3. The molecule has 1 atom stereocenters. The molecule has 0 aliphatic carbocycles. The molecular formula is C29H21ClN4O3S. The van der Waals surface area contributed by atoms with Crippen LogP contribution in [-0.4, -0.2) is 23.4 Å². The molecule has 188 valence electrons. The zero-order valence-corrected chi connectivity index (χ0v) is 22.0. The highest BCUT2D eigenvalue weighted by molar-refractivity contribution is 7.07. The number of amides is 2. The van der Waals surface area contributed by atoms with Gasteiger partial charge in [-0.3, -0.25) is 19.0 Å². The Morgan fingerprint density at radius 3 is 2.39 bits per heavy atom. The monoisotopic (exact) mass is 540 g/mol. The van der Waals surface area contributed by atoms with Crippen LogP contribution in [-0.2, 0) is 9.59 Å². The first-order chi connectivity index (χ1) is 18.3. The van der Waals surface area contributed by atoms with E-state index >= 15 is 0 Å². The molecule has 0 fully saturated rings. The summed E-state index contributed by atoms with van der Waals surface area (Å²) in [7, 11) is 1.69. The van der Waals surface area contributed by atoms with Gasteiger partial charge < -0.3 is 10.2 Å². The maximum absolute atomic E-state index is 14.1. The van der Waals surface area contributed by atoms with E-state index in [4.69, 9.17) is 11.6 Å². The molecule has 0 saturated heterocycles. The van der Waals surface area contributed by atoms with Crippen LogP contribution in [0.15, 0.2) is 99.9 Å². The molecule has 2 aliphatic heterocycles. The second-order valence-corrected chi connectivity index (χ2v) is 10.4. The van der Waals surface area contributed by atoms with Crippen molar-refractivity contribution in [2.75, 3.05) is 17.3 Å². The predicted octanol–water partition coefficient (Wildman–Crippen LogP) is 3.87. The number of likely N-dealkylation sites (N-methyl/N-ethyl adjacent to an activating group) is 1. The Morgan fingerprint density at radius 1 is 0.974 bits per heavy atom. The van der Waals surface area contributed by atoms with E-state index in [9.17, 15) is 14.4 Å². The fraction of sp³-hybridized carbons (Fsp3) is 0.103. The van der Waals surface area contributed by atoms with Gasteiger partial charge >= 0.3 is 0 Å². The summed E-state index contributed by atoms with van der Waals surface area (Å²) in [4.78, 5) is 47.7. The molecule has 0 radical (unpaired) electrons. The zero-order valence-electron chi connectivity index (χ0n) is 20.4. The molecule has 7 nitrogen and oxygen atoms in total. The van der Waals surface area contributed by atoms with E-state index in [1.54, 1.807) is 55.3 Å². The Balaban J connectivity index is 1.59. The lowest BCUT2D eigenvalue weighted by molar-refractivity contribution is -0.113. The molecule has 0 bridgehead atoms. The van der Waals surface area contributed by atoms with Gasteiger partial charge in [-0.1, -0.05) is 71.5 Å². The molecule has 1 N–H and O–H groups in total. The van der Waals surface area contributed by atoms with E-state index in [0.29, 0.717) is 48.0 Å². The number of carbonyl (C=O) groups is 2. The summed E-state index contributed by atoms with van der Waals surface area (Å²) in [5, 5.41) is 3.47. The van der Waals surface area contributed by atoms with Crippen LogP contribution >= 0.6 is 22.9 Å². The quantitative estimate of drug-likeness (QED) is 0.428. The maximum atomic E-state index is 14.1. The minimum absolute atomic E-state index is 0.253. The third-order valence-corrected chi connectivity index (χ3v) is 8.04. The lowest BCUT2D eigenvalue weighted by Gasteiger charge is -2.25. The molecule has 3 aromatic carbocycles. The molecule has 0 spiro atoms. The molecule has 3 heterocycles. The van der Waals surface area contributed by atoms with Gasteiger partial charge in [0.2, 0.25) is 0 Å². The van der Waals surface area contributed by atoms with Gasteiger partial charge in [-0.05, 0) is 42.8 Å². The lowest BCUT2D eigenvalue weighted by atomic mass is 9.95. The average molecular weight is 541 g/mol. The van der Waals surface area contributed by atoms with Crippen molar-refractivity contribution in [3.63, 3.8) is 0 Å². The summed E-state index contributed by atoms with van der Waals surface area (Å²) in [5.41, 5.74) is 3.58. The molecule has 2 amide bonds. The summed E-state index contributed by atoms with van der Waals surface area (Å²) in [5.74, 6) is -0.616. The van der Waals surface area contributed by atoms with Crippen molar-refractivity contribution in [1.82, 2.24) is 4.57 Å².